The summed E-state index contributed by atoms with van der Waals surface area (Å²) in [4.78, 5) is 14.3. The standard InChI is InChI=1S/C10H12N4/c1-7-11-8-3-4-9(13-10(8)12-7)14-5-2-6-14/h3-4H,2,5-6H2,1H3,(H,11,12,13). The summed E-state index contributed by atoms with van der Waals surface area (Å²) in [6.07, 6.45) is 1.28. The number of anilines is 1. The van der Waals surface area contributed by atoms with Gasteiger partial charge in [-0.1, -0.05) is 0 Å². The van der Waals surface area contributed by atoms with Gasteiger partial charge in [-0.05, 0) is 25.5 Å². The van der Waals surface area contributed by atoms with Gasteiger partial charge in [-0.15, -0.1) is 0 Å². The SMILES string of the molecule is Cc1nc2nc(N3CCC3)ccc2[nH]1. The van der Waals surface area contributed by atoms with Crippen LogP contribution in [0.15, 0.2) is 12.1 Å². The molecule has 0 unspecified atom stereocenters. The summed E-state index contributed by atoms with van der Waals surface area (Å²) in [6, 6.07) is 4.11. The number of aromatic nitrogens is 3. The lowest BCUT2D eigenvalue weighted by Crippen LogP contribution is -2.37. The minimum atomic E-state index is 0.826. The molecule has 1 N–H and O–H groups in total. The van der Waals surface area contributed by atoms with Crippen LogP contribution >= 0.6 is 0 Å². The Kier molecular flexibility index (Phi) is 1.50. The summed E-state index contributed by atoms with van der Waals surface area (Å²) in [5.74, 6) is 1.98. The van der Waals surface area contributed by atoms with Crippen molar-refractivity contribution in [2.45, 2.75) is 13.3 Å². The summed E-state index contributed by atoms with van der Waals surface area (Å²) in [5.41, 5.74) is 1.85. The number of imidazole rings is 1. The largest absolute Gasteiger partial charge is 0.356 e. The molecule has 14 heavy (non-hydrogen) atoms. The number of hydrogen-bond donors (Lipinski definition) is 1. The molecule has 0 aliphatic carbocycles. The third-order valence-corrected chi connectivity index (χ3v) is 2.63. The molecule has 0 spiro atoms. The molecule has 1 aliphatic rings. The molecule has 72 valence electrons. The first-order valence-electron chi connectivity index (χ1n) is 4.91. The Balaban J connectivity index is 2.09. The van der Waals surface area contributed by atoms with Gasteiger partial charge in [0.2, 0.25) is 0 Å². The predicted molar refractivity (Wildman–Crippen MR) is 55.5 cm³/mol. The molecule has 0 amide bonds. The van der Waals surface area contributed by atoms with Gasteiger partial charge < -0.3 is 9.88 Å². The van der Waals surface area contributed by atoms with Gasteiger partial charge in [0.05, 0.1) is 5.52 Å². The summed E-state index contributed by atoms with van der Waals surface area (Å²) in [6.45, 7) is 4.20. The zero-order chi connectivity index (χ0) is 9.54. The molecule has 3 rings (SSSR count). The highest BCUT2D eigenvalue weighted by molar-refractivity contribution is 5.73. The molecule has 1 saturated heterocycles. The van der Waals surface area contributed by atoms with E-state index in [1.165, 1.54) is 6.42 Å². The van der Waals surface area contributed by atoms with Crippen LogP contribution in [0.1, 0.15) is 12.2 Å². The zero-order valence-corrected chi connectivity index (χ0v) is 8.12. The molecule has 2 aromatic rings. The molecule has 0 aromatic carbocycles. The molecule has 3 heterocycles. The van der Waals surface area contributed by atoms with E-state index in [0.29, 0.717) is 0 Å². The lowest BCUT2D eigenvalue weighted by atomic mass is 10.2. The maximum absolute atomic E-state index is 4.50. The van der Waals surface area contributed by atoms with Gasteiger partial charge in [0.25, 0.3) is 0 Å². The van der Waals surface area contributed by atoms with Crippen LogP contribution in [0.25, 0.3) is 11.2 Å². The Labute approximate surface area is 82.0 Å². The summed E-state index contributed by atoms with van der Waals surface area (Å²) < 4.78 is 0. The minimum Gasteiger partial charge on any atom is -0.356 e. The highest BCUT2D eigenvalue weighted by atomic mass is 15.2. The average Bonchev–Trinajstić information content (AvgIpc) is 2.40. The normalized spacial score (nSPS) is 15.9. The zero-order valence-electron chi connectivity index (χ0n) is 8.12. The minimum absolute atomic E-state index is 0.826. The second-order valence-corrected chi connectivity index (χ2v) is 3.70. The fourth-order valence-corrected chi connectivity index (χ4v) is 1.72. The van der Waals surface area contributed by atoms with E-state index in [2.05, 4.69) is 32.0 Å². The van der Waals surface area contributed by atoms with Crippen LogP contribution in [0.5, 0.6) is 0 Å². The number of pyridine rings is 1. The molecule has 1 aliphatic heterocycles. The van der Waals surface area contributed by atoms with E-state index < -0.39 is 0 Å². The van der Waals surface area contributed by atoms with Crippen molar-refractivity contribution in [1.29, 1.82) is 0 Å². The first-order valence-corrected chi connectivity index (χ1v) is 4.91. The Morgan fingerprint density at radius 2 is 2.14 bits per heavy atom. The Bertz CT molecular complexity index is 470. The molecule has 0 radical (unpaired) electrons. The number of H-pyrrole nitrogens is 1. The lowest BCUT2D eigenvalue weighted by molar-refractivity contribution is 0.610. The smallest absolute Gasteiger partial charge is 0.179 e. The van der Waals surface area contributed by atoms with Crippen LogP contribution in [0.3, 0.4) is 0 Å². The lowest BCUT2D eigenvalue weighted by Gasteiger charge is -2.31. The number of hydrogen-bond acceptors (Lipinski definition) is 3. The van der Waals surface area contributed by atoms with Crippen LogP contribution < -0.4 is 4.90 Å². The van der Waals surface area contributed by atoms with Gasteiger partial charge in [-0.25, -0.2) is 9.97 Å². The molecule has 0 bridgehead atoms. The highest BCUT2D eigenvalue weighted by Gasteiger charge is 2.16. The van der Waals surface area contributed by atoms with Crippen molar-refractivity contribution < 1.29 is 0 Å². The van der Waals surface area contributed by atoms with Crippen LogP contribution in [0, 0.1) is 6.92 Å². The summed E-state index contributed by atoms with van der Waals surface area (Å²) in [7, 11) is 0. The number of nitrogens with zero attached hydrogens (tertiary/aromatic N) is 3. The van der Waals surface area contributed by atoms with Crippen molar-refractivity contribution in [2.24, 2.45) is 0 Å². The van der Waals surface area contributed by atoms with Gasteiger partial charge in [0.15, 0.2) is 5.65 Å². The van der Waals surface area contributed by atoms with Crippen LogP contribution in [-0.2, 0) is 0 Å². The summed E-state index contributed by atoms with van der Waals surface area (Å²) >= 11 is 0. The molecular formula is C10H12N4. The Hall–Kier alpha value is -1.58. The van der Waals surface area contributed by atoms with Crippen molar-refractivity contribution in [3.05, 3.63) is 18.0 Å². The van der Waals surface area contributed by atoms with E-state index in [1.807, 2.05) is 6.92 Å². The molecule has 0 saturated carbocycles. The van der Waals surface area contributed by atoms with Crippen LogP contribution in [0.4, 0.5) is 5.82 Å². The summed E-state index contributed by atoms with van der Waals surface area (Å²) in [5, 5.41) is 0. The van der Waals surface area contributed by atoms with Crippen LogP contribution in [0.2, 0.25) is 0 Å². The van der Waals surface area contributed by atoms with Crippen molar-refractivity contribution in [2.75, 3.05) is 18.0 Å². The van der Waals surface area contributed by atoms with Crippen molar-refractivity contribution in [3.63, 3.8) is 0 Å². The van der Waals surface area contributed by atoms with E-state index in [9.17, 15) is 0 Å². The number of aromatic amines is 1. The number of rotatable bonds is 1. The van der Waals surface area contributed by atoms with E-state index in [0.717, 1.165) is 35.9 Å². The van der Waals surface area contributed by atoms with Crippen molar-refractivity contribution in [1.82, 2.24) is 15.0 Å². The Morgan fingerprint density at radius 1 is 1.29 bits per heavy atom. The van der Waals surface area contributed by atoms with Gasteiger partial charge in [-0.2, -0.15) is 0 Å². The van der Waals surface area contributed by atoms with Crippen molar-refractivity contribution in [3.8, 4) is 0 Å². The Morgan fingerprint density at radius 3 is 2.86 bits per heavy atom. The maximum Gasteiger partial charge on any atom is 0.179 e. The third kappa shape index (κ3) is 1.07. The molecule has 1 fully saturated rings. The maximum atomic E-state index is 4.50. The second-order valence-electron chi connectivity index (χ2n) is 3.70. The predicted octanol–water partition coefficient (Wildman–Crippen LogP) is 1.48. The first kappa shape index (κ1) is 7.79. The molecule has 2 aromatic heterocycles. The third-order valence-electron chi connectivity index (χ3n) is 2.63. The van der Waals surface area contributed by atoms with Crippen LogP contribution in [-0.4, -0.2) is 28.0 Å². The number of nitrogens with one attached hydrogen (secondary N) is 1. The second kappa shape index (κ2) is 2.70. The van der Waals surface area contributed by atoms with E-state index in [4.69, 9.17) is 0 Å². The average molecular weight is 188 g/mol. The van der Waals surface area contributed by atoms with E-state index in [1.54, 1.807) is 0 Å². The molecular weight excluding hydrogens is 176 g/mol. The van der Waals surface area contributed by atoms with Gasteiger partial charge in [0.1, 0.15) is 11.6 Å². The van der Waals surface area contributed by atoms with Gasteiger partial charge in [0, 0.05) is 13.1 Å². The monoisotopic (exact) mass is 188 g/mol. The molecule has 4 heteroatoms. The highest BCUT2D eigenvalue weighted by Crippen LogP contribution is 2.20. The fourth-order valence-electron chi connectivity index (χ4n) is 1.72. The fraction of sp³-hybridized carbons (Fsp3) is 0.400. The number of aryl methyl sites for hydroxylation is 1. The number of fused-ring (bicyclic) bond motifs is 1. The first-order chi connectivity index (χ1) is 6.83. The molecule has 0 atom stereocenters. The molecule has 4 nitrogen and oxygen atoms in total. The van der Waals surface area contributed by atoms with Gasteiger partial charge in [-0.3, -0.25) is 0 Å². The van der Waals surface area contributed by atoms with Gasteiger partial charge >= 0.3 is 0 Å². The quantitative estimate of drug-likeness (QED) is 0.737. The van der Waals surface area contributed by atoms with E-state index in [-0.39, 0.29) is 0 Å². The topological polar surface area (TPSA) is 44.8 Å². The van der Waals surface area contributed by atoms with E-state index >= 15 is 0 Å². The van der Waals surface area contributed by atoms with Crippen molar-refractivity contribution >= 4 is 17.0 Å².